The van der Waals surface area contributed by atoms with Gasteiger partial charge in [0.05, 0.1) is 27.7 Å². The van der Waals surface area contributed by atoms with E-state index in [2.05, 4.69) is 50.3 Å². The van der Waals surface area contributed by atoms with Crippen LogP contribution in [0, 0.1) is 0 Å². The van der Waals surface area contributed by atoms with Gasteiger partial charge < -0.3 is 18.9 Å². The Balaban J connectivity index is 4.21. The molecule has 0 saturated heterocycles. The lowest BCUT2D eigenvalue weighted by Gasteiger charge is -2.24. The summed E-state index contributed by atoms with van der Waals surface area (Å²) in [5, 5.41) is 0. The number of likely N-dealkylation sites (N-methyl/N-ethyl adjacent to an activating group) is 1. The van der Waals surface area contributed by atoms with Gasteiger partial charge in [-0.3, -0.25) is 18.6 Å². The molecule has 358 valence electrons. The summed E-state index contributed by atoms with van der Waals surface area (Å²) < 4.78 is 34.4. The van der Waals surface area contributed by atoms with Crippen LogP contribution in [0.15, 0.2) is 36.5 Å². The Morgan fingerprint density at radius 3 is 1.39 bits per heavy atom. The van der Waals surface area contributed by atoms with Crippen molar-refractivity contribution in [3.63, 3.8) is 0 Å². The van der Waals surface area contributed by atoms with Crippen LogP contribution in [0.4, 0.5) is 0 Å². The zero-order valence-corrected chi connectivity index (χ0v) is 41.3. The summed E-state index contributed by atoms with van der Waals surface area (Å²) >= 11 is 0. The molecule has 1 N–H and O–H groups in total. The first-order valence-electron chi connectivity index (χ1n) is 25.2. The summed E-state index contributed by atoms with van der Waals surface area (Å²) in [7, 11) is 1.47. The molecule has 0 heterocycles. The van der Waals surface area contributed by atoms with Crippen LogP contribution in [0.5, 0.6) is 0 Å². The van der Waals surface area contributed by atoms with Gasteiger partial charge in [0.25, 0.3) is 0 Å². The van der Waals surface area contributed by atoms with E-state index >= 15 is 0 Å². The Bertz CT molecular complexity index is 1130. The average molecular weight is 883 g/mol. The van der Waals surface area contributed by atoms with Crippen LogP contribution >= 0.6 is 7.82 Å². The van der Waals surface area contributed by atoms with Crippen molar-refractivity contribution >= 4 is 19.8 Å². The zero-order chi connectivity index (χ0) is 45.0. The fraction of sp³-hybridized carbons (Fsp3) is 0.843. The highest BCUT2D eigenvalue weighted by Crippen LogP contribution is 2.43. The van der Waals surface area contributed by atoms with Crippen LogP contribution in [-0.2, 0) is 32.7 Å². The lowest BCUT2D eigenvalue weighted by Crippen LogP contribution is -2.37. The maximum Gasteiger partial charge on any atom is 0.472 e. The minimum Gasteiger partial charge on any atom is -0.462 e. The van der Waals surface area contributed by atoms with Crippen molar-refractivity contribution in [1.82, 2.24) is 0 Å². The Kier molecular flexibility index (Phi) is 42.2. The molecule has 0 radical (unpaired) electrons. The van der Waals surface area contributed by atoms with Crippen molar-refractivity contribution in [3.8, 4) is 0 Å². The van der Waals surface area contributed by atoms with Gasteiger partial charge in [0.1, 0.15) is 19.8 Å². The number of allylic oxidation sites excluding steroid dienone is 6. The van der Waals surface area contributed by atoms with Gasteiger partial charge in [-0.25, -0.2) is 4.57 Å². The van der Waals surface area contributed by atoms with E-state index in [1.54, 1.807) is 0 Å². The smallest absolute Gasteiger partial charge is 0.462 e. The number of carbonyl (C=O) groups is 2. The first kappa shape index (κ1) is 59.2. The van der Waals surface area contributed by atoms with Crippen LogP contribution in [0.2, 0.25) is 0 Å². The number of hydrogen-bond acceptors (Lipinski definition) is 7. The molecule has 1 unspecified atom stereocenters. The van der Waals surface area contributed by atoms with E-state index in [-0.39, 0.29) is 32.0 Å². The van der Waals surface area contributed by atoms with Gasteiger partial charge in [-0.05, 0) is 44.9 Å². The molecular formula is C51H97NO8P+. The number of phosphoric acid groups is 1. The molecule has 0 bridgehead atoms. The van der Waals surface area contributed by atoms with Gasteiger partial charge in [-0.1, -0.05) is 204 Å². The molecule has 0 aromatic heterocycles. The first-order chi connectivity index (χ1) is 29.5. The van der Waals surface area contributed by atoms with E-state index in [0.717, 1.165) is 70.6 Å². The second-order valence-corrected chi connectivity index (χ2v) is 19.6. The second kappa shape index (κ2) is 43.5. The van der Waals surface area contributed by atoms with Crippen molar-refractivity contribution in [2.24, 2.45) is 0 Å². The van der Waals surface area contributed by atoms with Crippen LogP contribution in [0.3, 0.4) is 0 Å². The van der Waals surface area contributed by atoms with Crippen LogP contribution < -0.4 is 0 Å². The molecule has 0 aromatic rings. The maximum absolute atomic E-state index is 12.7. The fourth-order valence-corrected chi connectivity index (χ4v) is 7.77. The van der Waals surface area contributed by atoms with Gasteiger partial charge in [0, 0.05) is 12.8 Å². The molecule has 10 heteroatoms. The van der Waals surface area contributed by atoms with E-state index in [1.807, 2.05) is 21.1 Å². The molecular weight excluding hydrogens is 786 g/mol. The number of unbranched alkanes of at least 4 members (excludes halogenated alkanes) is 26. The Labute approximate surface area is 376 Å². The summed E-state index contributed by atoms with van der Waals surface area (Å²) in [6, 6.07) is 0. The molecule has 0 rings (SSSR count). The number of nitrogens with zero attached hydrogens (tertiary/aromatic N) is 1. The predicted octanol–water partition coefficient (Wildman–Crippen LogP) is 14.9. The fourth-order valence-electron chi connectivity index (χ4n) is 7.03. The summed E-state index contributed by atoms with van der Waals surface area (Å²) in [4.78, 5) is 35.5. The van der Waals surface area contributed by atoms with Gasteiger partial charge in [-0.15, -0.1) is 0 Å². The normalized spacial score (nSPS) is 13.7. The van der Waals surface area contributed by atoms with E-state index in [0.29, 0.717) is 17.4 Å². The molecule has 2 atom stereocenters. The summed E-state index contributed by atoms with van der Waals surface area (Å²) in [5.74, 6) is -0.809. The van der Waals surface area contributed by atoms with Gasteiger partial charge >= 0.3 is 19.8 Å². The quantitative estimate of drug-likeness (QED) is 0.0212. The molecule has 0 aromatic carbocycles. The van der Waals surface area contributed by atoms with Crippen molar-refractivity contribution in [1.29, 1.82) is 0 Å². The van der Waals surface area contributed by atoms with Crippen LogP contribution in [0.1, 0.15) is 226 Å². The van der Waals surface area contributed by atoms with E-state index in [4.69, 9.17) is 18.5 Å². The third kappa shape index (κ3) is 47.5. The minimum absolute atomic E-state index is 0.0289. The van der Waals surface area contributed by atoms with Gasteiger partial charge in [0.15, 0.2) is 6.10 Å². The predicted molar refractivity (Wildman–Crippen MR) is 257 cm³/mol. The summed E-state index contributed by atoms with van der Waals surface area (Å²) in [5.41, 5.74) is 0. The lowest BCUT2D eigenvalue weighted by atomic mass is 10.0. The highest BCUT2D eigenvalue weighted by molar-refractivity contribution is 7.47. The molecule has 0 aliphatic carbocycles. The highest BCUT2D eigenvalue weighted by Gasteiger charge is 2.27. The number of carbonyl (C=O) groups excluding carboxylic acids is 2. The molecule has 0 fully saturated rings. The van der Waals surface area contributed by atoms with Crippen molar-refractivity contribution in [2.75, 3.05) is 47.5 Å². The number of phosphoric ester groups is 1. The SMILES string of the molecule is CC/C=C/C/C=C/C/C=C/CCCCCCCC(=O)O[C@H](COC(=O)CCCCCCCCCCCCCCCCCCCCCCCC)COP(=O)(O)OCC[N+](C)(C)C. The maximum atomic E-state index is 12.7. The standard InChI is InChI=1S/C51H96NO8P/c1-6-8-10-12-14-16-18-20-22-23-24-25-26-27-28-30-31-33-35-37-39-41-43-50(53)57-47-49(48-59-61(55,56)58-46-45-52(3,4)5)60-51(54)44-42-40-38-36-34-32-29-21-19-17-15-13-11-9-7-2/h9,11,15,17,21,29,49H,6-8,10,12-14,16,18-20,22-28,30-48H2,1-5H3/p+1/b11-9+,17-15+,29-21+/t49-/m1/s1. The lowest BCUT2D eigenvalue weighted by molar-refractivity contribution is -0.870. The number of esters is 2. The summed E-state index contributed by atoms with van der Waals surface area (Å²) in [6.45, 7) is 4.32. The van der Waals surface area contributed by atoms with Crippen LogP contribution in [-0.4, -0.2) is 74.9 Å². The molecule has 9 nitrogen and oxygen atoms in total. The molecule has 0 saturated carbocycles. The Morgan fingerprint density at radius 1 is 0.525 bits per heavy atom. The molecule has 0 amide bonds. The molecule has 0 aliphatic rings. The van der Waals surface area contributed by atoms with Crippen molar-refractivity contribution in [2.45, 2.75) is 232 Å². The average Bonchev–Trinajstić information content (AvgIpc) is 3.21. The number of ether oxygens (including phenoxy) is 2. The molecule has 61 heavy (non-hydrogen) atoms. The number of rotatable bonds is 46. The third-order valence-electron chi connectivity index (χ3n) is 10.9. The summed E-state index contributed by atoms with van der Waals surface area (Å²) in [6.07, 6.45) is 50.6. The first-order valence-corrected chi connectivity index (χ1v) is 26.7. The third-order valence-corrected chi connectivity index (χ3v) is 11.9. The second-order valence-electron chi connectivity index (χ2n) is 18.2. The zero-order valence-electron chi connectivity index (χ0n) is 40.4. The topological polar surface area (TPSA) is 108 Å². The highest BCUT2D eigenvalue weighted by atomic mass is 31.2. The van der Waals surface area contributed by atoms with E-state index < -0.39 is 26.5 Å². The van der Waals surface area contributed by atoms with E-state index in [9.17, 15) is 19.0 Å². The minimum atomic E-state index is -4.38. The Morgan fingerprint density at radius 2 is 0.934 bits per heavy atom. The number of hydrogen-bond donors (Lipinski definition) is 1. The van der Waals surface area contributed by atoms with Crippen LogP contribution in [0.25, 0.3) is 0 Å². The van der Waals surface area contributed by atoms with Crippen molar-refractivity contribution < 1.29 is 42.1 Å². The van der Waals surface area contributed by atoms with Gasteiger partial charge in [0.2, 0.25) is 0 Å². The number of quaternary nitrogens is 1. The largest absolute Gasteiger partial charge is 0.472 e. The molecule has 0 spiro atoms. The molecule has 0 aliphatic heterocycles. The monoisotopic (exact) mass is 883 g/mol. The van der Waals surface area contributed by atoms with Gasteiger partial charge in [-0.2, -0.15) is 0 Å². The van der Waals surface area contributed by atoms with E-state index in [1.165, 1.54) is 122 Å². The van der Waals surface area contributed by atoms with Crippen molar-refractivity contribution in [3.05, 3.63) is 36.5 Å². The Hall–Kier alpha value is -1.77.